The summed E-state index contributed by atoms with van der Waals surface area (Å²) in [4.78, 5) is 28.4. The maximum atomic E-state index is 15.2. The molecule has 1 fully saturated rings. The van der Waals surface area contributed by atoms with E-state index in [1.54, 1.807) is 6.07 Å². The second kappa shape index (κ2) is 7.49. The second-order valence-electron chi connectivity index (χ2n) is 7.22. The molecule has 4 rings (SSSR count). The van der Waals surface area contributed by atoms with Gasteiger partial charge in [-0.15, -0.1) is 0 Å². The number of hydrogen-bond donors (Lipinski definition) is 1. The minimum Gasteiger partial charge on any atom is -0.477 e. The largest absolute Gasteiger partial charge is 0.477 e. The minimum absolute atomic E-state index is 0.00411. The number of aromatic carboxylic acids is 1. The van der Waals surface area contributed by atoms with Gasteiger partial charge in [0.15, 0.2) is 5.56 Å². The van der Waals surface area contributed by atoms with Gasteiger partial charge < -0.3 is 14.9 Å². The van der Waals surface area contributed by atoms with Crippen LogP contribution in [0.4, 0.5) is 18.9 Å². The van der Waals surface area contributed by atoms with E-state index in [4.69, 9.17) is 0 Å². The van der Waals surface area contributed by atoms with Gasteiger partial charge in [0.25, 0.3) is 0 Å². The Morgan fingerprint density at radius 2 is 1.70 bits per heavy atom. The monoisotopic (exact) mass is 417 g/mol. The van der Waals surface area contributed by atoms with Crippen LogP contribution in [0, 0.1) is 17.6 Å². The van der Waals surface area contributed by atoms with Crippen LogP contribution >= 0.6 is 0 Å². The zero-order chi connectivity index (χ0) is 21.6. The molecule has 30 heavy (non-hydrogen) atoms. The van der Waals surface area contributed by atoms with E-state index in [2.05, 4.69) is 4.90 Å². The van der Waals surface area contributed by atoms with Crippen molar-refractivity contribution in [2.45, 2.75) is 0 Å². The number of anilines is 1. The Balaban J connectivity index is 2.02. The first-order chi connectivity index (χ1) is 14.3. The molecule has 1 aliphatic heterocycles. The van der Waals surface area contributed by atoms with Crippen LogP contribution in [-0.2, 0) is 0 Å². The number of likely N-dealkylation sites (N-methyl/N-ethyl adjacent to an activating group) is 1. The van der Waals surface area contributed by atoms with Gasteiger partial charge in [0, 0.05) is 43.3 Å². The van der Waals surface area contributed by atoms with Gasteiger partial charge in [-0.1, -0.05) is 0 Å². The Hall–Kier alpha value is -3.33. The number of carboxylic acid groups (broad SMARTS) is 1. The van der Waals surface area contributed by atoms with Crippen LogP contribution in [0.15, 0.2) is 41.2 Å². The Bertz CT molecular complexity index is 1220. The molecule has 2 heterocycles. The molecule has 0 unspecified atom stereocenters. The summed E-state index contributed by atoms with van der Waals surface area (Å²) < 4.78 is 43.8. The van der Waals surface area contributed by atoms with Crippen LogP contribution in [0.1, 0.15) is 10.4 Å². The number of carboxylic acids is 1. The molecule has 1 saturated heterocycles. The van der Waals surface area contributed by atoms with E-state index in [-0.39, 0.29) is 10.9 Å². The molecule has 2 aromatic carbocycles. The third kappa shape index (κ3) is 3.30. The number of aromatic nitrogens is 1. The van der Waals surface area contributed by atoms with Crippen molar-refractivity contribution >= 4 is 22.6 Å². The molecule has 1 aliphatic rings. The van der Waals surface area contributed by atoms with Crippen molar-refractivity contribution in [1.29, 1.82) is 0 Å². The number of piperazine rings is 1. The van der Waals surface area contributed by atoms with Crippen molar-refractivity contribution in [3.05, 3.63) is 69.8 Å². The topological polar surface area (TPSA) is 65.8 Å². The third-order valence-corrected chi connectivity index (χ3v) is 5.33. The van der Waals surface area contributed by atoms with Gasteiger partial charge >= 0.3 is 5.97 Å². The van der Waals surface area contributed by atoms with E-state index >= 15 is 4.39 Å². The lowest BCUT2D eigenvalue weighted by molar-refractivity contribution is 0.0689. The van der Waals surface area contributed by atoms with Crippen LogP contribution in [0.25, 0.3) is 16.6 Å². The zero-order valence-electron chi connectivity index (χ0n) is 16.0. The molecule has 0 radical (unpaired) electrons. The van der Waals surface area contributed by atoms with Crippen molar-refractivity contribution in [2.24, 2.45) is 0 Å². The molecule has 0 spiro atoms. The smallest absolute Gasteiger partial charge is 0.344 e. The number of pyridine rings is 1. The lowest BCUT2D eigenvalue weighted by Gasteiger charge is -2.34. The summed E-state index contributed by atoms with van der Waals surface area (Å²) in [5.41, 5.74) is -1.80. The van der Waals surface area contributed by atoms with Crippen molar-refractivity contribution < 1.29 is 23.1 Å². The van der Waals surface area contributed by atoms with E-state index in [1.807, 2.05) is 11.9 Å². The van der Waals surface area contributed by atoms with E-state index in [0.717, 1.165) is 25.2 Å². The maximum absolute atomic E-state index is 15.2. The molecule has 0 saturated carbocycles. The number of carbonyl (C=O) groups is 1. The van der Waals surface area contributed by atoms with Crippen LogP contribution < -0.4 is 10.3 Å². The van der Waals surface area contributed by atoms with Gasteiger partial charge in [0.05, 0.1) is 11.2 Å². The Kier molecular flexibility index (Phi) is 4.98. The molecule has 0 bridgehead atoms. The Labute approximate surface area is 169 Å². The first kappa shape index (κ1) is 20.0. The van der Waals surface area contributed by atoms with E-state index in [0.29, 0.717) is 29.4 Å². The summed E-state index contributed by atoms with van der Waals surface area (Å²) in [7, 11) is 2.00. The highest BCUT2D eigenvalue weighted by atomic mass is 19.1. The zero-order valence-corrected chi connectivity index (χ0v) is 16.0. The predicted molar refractivity (Wildman–Crippen MR) is 106 cm³/mol. The normalized spacial score (nSPS) is 15.0. The summed E-state index contributed by atoms with van der Waals surface area (Å²) in [6.07, 6.45) is 0. The van der Waals surface area contributed by atoms with Gasteiger partial charge in [-0.05, 0) is 37.4 Å². The summed E-state index contributed by atoms with van der Waals surface area (Å²) in [5, 5.41) is 9.28. The number of fused-ring (bicyclic) bond motifs is 1. The number of rotatable bonds is 3. The van der Waals surface area contributed by atoms with Crippen LogP contribution in [0.3, 0.4) is 0 Å². The molecule has 0 aliphatic carbocycles. The van der Waals surface area contributed by atoms with Crippen molar-refractivity contribution in [2.75, 3.05) is 38.1 Å². The highest BCUT2D eigenvalue weighted by Crippen LogP contribution is 2.27. The van der Waals surface area contributed by atoms with Crippen molar-refractivity contribution in [3.63, 3.8) is 0 Å². The molecule has 1 aromatic heterocycles. The van der Waals surface area contributed by atoms with Gasteiger partial charge in [-0.3, -0.25) is 9.36 Å². The van der Waals surface area contributed by atoms with E-state index in [1.165, 1.54) is 12.1 Å². The lowest BCUT2D eigenvalue weighted by atomic mass is 10.1. The Morgan fingerprint density at radius 1 is 1.00 bits per heavy atom. The Morgan fingerprint density at radius 3 is 2.33 bits per heavy atom. The van der Waals surface area contributed by atoms with E-state index < -0.39 is 40.2 Å². The van der Waals surface area contributed by atoms with Gasteiger partial charge in [0.2, 0.25) is 11.4 Å². The predicted octanol–water partition coefficient (Wildman–Crippen LogP) is 2.86. The molecular formula is C21H18F3N3O3. The molecule has 156 valence electrons. The molecular weight excluding hydrogens is 399 g/mol. The molecule has 3 aromatic rings. The summed E-state index contributed by atoms with van der Waals surface area (Å²) in [6.45, 7) is 3.02. The quantitative estimate of drug-likeness (QED) is 0.664. The number of halogens is 3. The van der Waals surface area contributed by atoms with Crippen molar-refractivity contribution in [1.82, 2.24) is 9.47 Å². The minimum atomic E-state index is -1.76. The fourth-order valence-corrected chi connectivity index (χ4v) is 3.69. The molecule has 0 amide bonds. The number of hydrogen-bond acceptors (Lipinski definition) is 4. The first-order valence-corrected chi connectivity index (χ1v) is 9.28. The van der Waals surface area contributed by atoms with Gasteiger partial charge in [-0.25, -0.2) is 13.6 Å². The lowest BCUT2D eigenvalue weighted by Crippen LogP contribution is -2.44. The standard InChI is InChI=1S/C21H18F3N3O3/c1-25-6-8-26(9-7-25)13-3-4-14-17(11-13)27(16-5-2-12(22)10-15(16)23)20(24)18(19(14)28)21(29)30/h2-5,10-11H,6-9H2,1H3,(H,29,30). The highest BCUT2D eigenvalue weighted by Gasteiger charge is 2.25. The van der Waals surface area contributed by atoms with Gasteiger partial charge in [-0.2, -0.15) is 4.39 Å². The van der Waals surface area contributed by atoms with Crippen LogP contribution in [0.5, 0.6) is 0 Å². The number of nitrogens with zero attached hydrogens (tertiary/aromatic N) is 3. The fraction of sp³-hybridized carbons (Fsp3) is 0.238. The summed E-state index contributed by atoms with van der Waals surface area (Å²) >= 11 is 0. The van der Waals surface area contributed by atoms with Crippen LogP contribution in [0.2, 0.25) is 0 Å². The van der Waals surface area contributed by atoms with Crippen molar-refractivity contribution in [3.8, 4) is 5.69 Å². The average Bonchev–Trinajstić information content (AvgIpc) is 2.69. The van der Waals surface area contributed by atoms with E-state index in [9.17, 15) is 23.5 Å². The summed E-state index contributed by atoms with van der Waals surface area (Å²) in [6, 6.07) is 7.11. The SMILES string of the molecule is CN1CCN(c2ccc3c(=O)c(C(=O)O)c(F)n(-c4ccc(F)cc4F)c3c2)CC1. The average molecular weight is 417 g/mol. The second-order valence-corrected chi connectivity index (χ2v) is 7.22. The molecule has 6 nitrogen and oxygen atoms in total. The number of benzene rings is 2. The first-order valence-electron chi connectivity index (χ1n) is 9.28. The molecule has 0 atom stereocenters. The fourth-order valence-electron chi connectivity index (χ4n) is 3.69. The third-order valence-electron chi connectivity index (χ3n) is 5.33. The summed E-state index contributed by atoms with van der Waals surface area (Å²) in [5.74, 6) is -5.13. The maximum Gasteiger partial charge on any atom is 0.344 e. The van der Waals surface area contributed by atoms with Crippen LogP contribution in [-0.4, -0.2) is 53.8 Å². The van der Waals surface area contributed by atoms with Gasteiger partial charge in [0.1, 0.15) is 11.6 Å². The molecule has 1 N–H and O–H groups in total. The highest BCUT2D eigenvalue weighted by molar-refractivity contribution is 5.94. The molecule has 9 heteroatoms.